The zero-order valence-corrected chi connectivity index (χ0v) is 8.47. The Morgan fingerprint density at radius 1 is 1.47 bits per heavy atom. The molecule has 15 heavy (non-hydrogen) atoms. The van der Waals surface area contributed by atoms with Crippen molar-refractivity contribution in [3.63, 3.8) is 0 Å². The number of nitrogens with one attached hydrogen (secondary N) is 1. The van der Waals surface area contributed by atoms with Crippen molar-refractivity contribution in [1.29, 1.82) is 0 Å². The van der Waals surface area contributed by atoms with Crippen molar-refractivity contribution in [2.24, 2.45) is 0 Å². The molecular weight excluding hydrogens is 207 g/mol. The minimum Gasteiger partial charge on any atom is -0.472 e. The van der Waals surface area contributed by atoms with Gasteiger partial charge in [-0.1, -0.05) is 0 Å². The normalized spacial score (nSPS) is 14.1. The van der Waals surface area contributed by atoms with Crippen LogP contribution in [-0.2, 0) is 0 Å². The first kappa shape index (κ1) is 12.1. The Kier molecular flexibility index (Phi) is 4.20. The molecule has 86 valence electrons. The van der Waals surface area contributed by atoms with Crippen LogP contribution >= 0.6 is 0 Å². The number of hydrogen-bond acceptors (Lipinski definition) is 2. The van der Waals surface area contributed by atoms with Crippen LogP contribution in [0.3, 0.4) is 0 Å². The molecular formula is C10H14F3NO. The van der Waals surface area contributed by atoms with Crippen molar-refractivity contribution in [3.05, 3.63) is 24.2 Å². The number of halogens is 3. The van der Waals surface area contributed by atoms with Gasteiger partial charge in [0.15, 0.2) is 0 Å². The molecule has 1 N–H and O–H groups in total. The third kappa shape index (κ3) is 4.88. The topological polar surface area (TPSA) is 25.2 Å². The second-order valence-corrected chi connectivity index (χ2v) is 3.45. The van der Waals surface area contributed by atoms with Crippen LogP contribution in [0.5, 0.6) is 0 Å². The third-order valence-corrected chi connectivity index (χ3v) is 2.13. The zero-order valence-electron chi connectivity index (χ0n) is 8.47. The molecule has 5 heteroatoms. The van der Waals surface area contributed by atoms with Crippen LogP contribution < -0.4 is 5.32 Å². The summed E-state index contributed by atoms with van der Waals surface area (Å²) in [5.74, 6) is 0. The summed E-state index contributed by atoms with van der Waals surface area (Å²) in [6.45, 7) is 2.24. The lowest BCUT2D eigenvalue weighted by Gasteiger charge is -2.12. The van der Waals surface area contributed by atoms with E-state index in [1.807, 2.05) is 6.92 Å². The lowest BCUT2D eigenvalue weighted by molar-refractivity contribution is -0.135. The Balaban J connectivity index is 2.16. The highest BCUT2D eigenvalue weighted by atomic mass is 19.4. The van der Waals surface area contributed by atoms with E-state index in [4.69, 9.17) is 4.42 Å². The van der Waals surface area contributed by atoms with E-state index in [0.717, 1.165) is 5.56 Å². The summed E-state index contributed by atoms with van der Waals surface area (Å²) in [5, 5.41) is 3.00. The first-order valence-electron chi connectivity index (χ1n) is 4.81. The highest BCUT2D eigenvalue weighted by Gasteiger charge is 2.25. The largest absolute Gasteiger partial charge is 0.472 e. The molecule has 0 saturated carbocycles. The second-order valence-electron chi connectivity index (χ2n) is 3.45. The van der Waals surface area contributed by atoms with Crippen molar-refractivity contribution in [2.75, 3.05) is 6.54 Å². The fourth-order valence-electron chi connectivity index (χ4n) is 1.25. The van der Waals surface area contributed by atoms with Crippen LogP contribution in [0.2, 0.25) is 0 Å². The molecule has 0 amide bonds. The number of alkyl halides is 3. The molecule has 0 aliphatic carbocycles. The van der Waals surface area contributed by atoms with Gasteiger partial charge in [0.05, 0.1) is 12.5 Å². The minimum absolute atomic E-state index is 0.0250. The summed E-state index contributed by atoms with van der Waals surface area (Å²) in [7, 11) is 0. The van der Waals surface area contributed by atoms with E-state index < -0.39 is 12.6 Å². The summed E-state index contributed by atoms with van der Waals surface area (Å²) >= 11 is 0. The maximum Gasteiger partial charge on any atom is 0.389 e. The average Bonchev–Trinajstić information content (AvgIpc) is 2.63. The standard InChI is InChI=1S/C10H14F3NO/c1-8(9-3-6-15-7-9)14-5-2-4-10(11,12)13/h3,6-8,14H,2,4-5H2,1H3. The van der Waals surface area contributed by atoms with Crippen LogP contribution in [0.15, 0.2) is 23.0 Å². The van der Waals surface area contributed by atoms with E-state index in [1.165, 1.54) is 0 Å². The van der Waals surface area contributed by atoms with Crippen LogP contribution in [-0.4, -0.2) is 12.7 Å². The summed E-state index contributed by atoms with van der Waals surface area (Å²) < 4.78 is 40.3. The Bertz CT molecular complexity index is 269. The van der Waals surface area contributed by atoms with Crippen LogP contribution in [0.1, 0.15) is 31.4 Å². The van der Waals surface area contributed by atoms with Crippen LogP contribution in [0.25, 0.3) is 0 Å². The van der Waals surface area contributed by atoms with E-state index in [9.17, 15) is 13.2 Å². The lowest BCUT2D eigenvalue weighted by Crippen LogP contribution is -2.21. The summed E-state index contributed by atoms with van der Waals surface area (Å²) in [4.78, 5) is 0. The number of rotatable bonds is 5. The van der Waals surface area contributed by atoms with Gasteiger partial charge in [0.1, 0.15) is 0 Å². The minimum atomic E-state index is -4.06. The monoisotopic (exact) mass is 221 g/mol. The molecule has 2 nitrogen and oxygen atoms in total. The zero-order chi connectivity index (χ0) is 11.3. The van der Waals surface area contributed by atoms with Crippen LogP contribution in [0.4, 0.5) is 13.2 Å². The van der Waals surface area contributed by atoms with E-state index in [1.54, 1.807) is 18.6 Å². The first-order chi connectivity index (χ1) is 6.99. The van der Waals surface area contributed by atoms with Gasteiger partial charge in [-0.3, -0.25) is 0 Å². The molecule has 1 aromatic heterocycles. The fraction of sp³-hybridized carbons (Fsp3) is 0.600. The Labute approximate surface area is 86.5 Å². The Morgan fingerprint density at radius 3 is 2.73 bits per heavy atom. The molecule has 0 aliphatic rings. The van der Waals surface area contributed by atoms with E-state index >= 15 is 0 Å². The Hall–Kier alpha value is -0.970. The first-order valence-corrected chi connectivity index (χ1v) is 4.81. The maximum absolute atomic E-state index is 11.8. The second kappa shape index (κ2) is 5.21. The van der Waals surface area contributed by atoms with E-state index in [2.05, 4.69) is 5.32 Å². The third-order valence-electron chi connectivity index (χ3n) is 2.13. The predicted octanol–water partition coefficient (Wildman–Crippen LogP) is 3.27. The number of hydrogen-bond donors (Lipinski definition) is 1. The average molecular weight is 221 g/mol. The number of furan rings is 1. The van der Waals surface area contributed by atoms with Gasteiger partial charge in [-0.05, 0) is 26.0 Å². The molecule has 1 unspecified atom stereocenters. The van der Waals surface area contributed by atoms with E-state index in [-0.39, 0.29) is 12.5 Å². The fourth-order valence-corrected chi connectivity index (χ4v) is 1.25. The molecule has 1 aromatic rings. The molecule has 0 fully saturated rings. The van der Waals surface area contributed by atoms with Crippen molar-refractivity contribution in [2.45, 2.75) is 32.0 Å². The van der Waals surface area contributed by atoms with Crippen molar-refractivity contribution in [1.82, 2.24) is 5.32 Å². The van der Waals surface area contributed by atoms with Crippen molar-refractivity contribution in [3.8, 4) is 0 Å². The van der Waals surface area contributed by atoms with Gasteiger partial charge in [0.2, 0.25) is 0 Å². The quantitative estimate of drug-likeness (QED) is 0.772. The molecule has 0 saturated heterocycles. The summed E-state index contributed by atoms with van der Waals surface area (Å²) in [6, 6.07) is 1.82. The molecule has 1 atom stereocenters. The van der Waals surface area contributed by atoms with Crippen molar-refractivity contribution >= 4 is 0 Å². The van der Waals surface area contributed by atoms with Gasteiger partial charge in [0.25, 0.3) is 0 Å². The van der Waals surface area contributed by atoms with Crippen LogP contribution in [0, 0.1) is 0 Å². The van der Waals surface area contributed by atoms with Gasteiger partial charge < -0.3 is 9.73 Å². The predicted molar refractivity (Wildman–Crippen MR) is 50.4 cm³/mol. The summed E-state index contributed by atoms with van der Waals surface area (Å²) in [5.41, 5.74) is 0.946. The van der Waals surface area contributed by atoms with Gasteiger partial charge in [-0.25, -0.2) is 0 Å². The van der Waals surface area contributed by atoms with Gasteiger partial charge >= 0.3 is 6.18 Å². The molecule has 0 bridgehead atoms. The molecule has 1 heterocycles. The maximum atomic E-state index is 11.8. The molecule has 0 radical (unpaired) electrons. The smallest absolute Gasteiger partial charge is 0.389 e. The highest BCUT2D eigenvalue weighted by Crippen LogP contribution is 2.21. The molecule has 0 aromatic carbocycles. The van der Waals surface area contributed by atoms with Gasteiger partial charge in [-0.15, -0.1) is 0 Å². The van der Waals surface area contributed by atoms with Gasteiger partial charge in [0, 0.05) is 18.0 Å². The Morgan fingerprint density at radius 2 is 2.20 bits per heavy atom. The van der Waals surface area contributed by atoms with Gasteiger partial charge in [-0.2, -0.15) is 13.2 Å². The molecule has 1 rings (SSSR count). The highest BCUT2D eigenvalue weighted by molar-refractivity contribution is 5.09. The molecule has 0 spiro atoms. The SMILES string of the molecule is CC(NCCCC(F)(F)F)c1ccoc1. The van der Waals surface area contributed by atoms with Crippen molar-refractivity contribution < 1.29 is 17.6 Å². The van der Waals surface area contributed by atoms with E-state index in [0.29, 0.717) is 6.54 Å². The lowest BCUT2D eigenvalue weighted by atomic mass is 10.2. The molecule has 0 aliphatic heterocycles. The summed E-state index contributed by atoms with van der Waals surface area (Å²) in [6.07, 6.45) is -1.56.